The molecule has 2 rings (SSSR count). The van der Waals surface area contributed by atoms with Crippen LogP contribution < -0.4 is 0 Å². The van der Waals surface area contributed by atoms with Crippen LogP contribution in [0.5, 0.6) is 0 Å². The largest absolute Gasteiger partial charge is 0.134 e. The van der Waals surface area contributed by atoms with Crippen LogP contribution in [-0.2, 0) is 17.1 Å². The SMILES string of the molecule is C1CCCC1.PC1CCCC1.[Fe]. The van der Waals surface area contributed by atoms with E-state index in [4.69, 9.17) is 0 Å². The van der Waals surface area contributed by atoms with Crippen LogP contribution in [0.4, 0.5) is 0 Å². The smallest absolute Gasteiger partial charge is 0 e. The van der Waals surface area contributed by atoms with E-state index in [1.165, 1.54) is 57.8 Å². The Labute approximate surface area is 89.9 Å². The molecule has 0 N–H and O–H groups in total. The standard InChI is InChI=1S/C5H11P.C5H10.Fe/c6-5-3-1-2-4-5;1-2-4-5-3-1;/h5H,1-4,6H2;1-5H2;. The molecule has 0 aromatic heterocycles. The van der Waals surface area contributed by atoms with Crippen molar-refractivity contribution in [3.63, 3.8) is 0 Å². The first-order valence-electron chi connectivity index (χ1n) is 5.15. The quantitative estimate of drug-likeness (QED) is 0.437. The third-order valence-electron chi connectivity index (χ3n) is 2.65. The van der Waals surface area contributed by atoms with E-state index in [9.17, 15) is 0 Å². The molecule has 2 heteroatoms. The minimum Gasteiger partial charge on any atom is -0.134 e. The fourth-order valence-corrected chi connectivity index (χ4v) is 2.31. The minimum atomic E-state index is 0. The van der Waals surface area contributed by atoms with E-state index in [1.54, 1.807) is 0 Å². The summed E-state index contributed by atoms with van der Waals surface area (Å²) in [6, 6.07) is 0. The third kappa shape index (κ3) is 6.46. The summed E-state index contributed by atoms with van der Waals surface area (Å²) in [5, 5.41) is 0. The van der Waals surface area contributed by atoms with Crippen molar-refractivity contribution in [2.75, 3.05) is 0 Å². The van der Waals surface area contributed by atoms with Gasteiger partial charge in [0.15, 0.2) is 0 Å². The first kappa shape index (κ1) is 12.9. The van der Waals surface area contributed by atoms with Crippen LogP contribution in [0.15, 0.2) is 0 Å². The van der Waals surface area contributed by atoms with Crippen LogP contribution in [0.3, 0.4) is 0 Å². The van der Waals surface area contributed by atoms with Crippen LogP contribution in [0, 0.1) is 0 Å². The van der Waals surface area contributed by atoms with Crippen LogP contribution >= 0.6 is 9.24 Å². The van der Waals surface area contributed by atoms with Crippen LogP contribution in [-0.4, -0.2) is 5.66 Å². The van der Waals surface area contributed by atoms with E-state index in [0.717, 1.165) is 5.66 Å². The van der Waals surface area contributed by atoms with Crippen LogP contribution in [0.2, 0.25) is 0 Å². The molecule has 0 bridgehead atoms. The maximum absolute atomic E-state index is 2.87. The Morgan fingerprint density at radius 3 is 1.17 bits per heavy atom. The molecule has 0 aromatic carbocycles. The second kappa shape index (κ2) is 8.54. The summed E-state index contributed by atoms with van der Waals surface area (Å²) >= 11 is 0. The van der Waals surface area contributed by atoms with Gasteiger partial charge in [0.2, 0.25) is 0 Å². The van der Waals surface area contributed by atoms with E-state index >= 15 is 0 Å². The first-order chi connectivity index (χ1) is 5.39. The van der Waals surface area contributed by atoms with Gasteiger partial charge in [0.25, 0.3) is 0 Å². The predicted octanol–water partition coefficient (Wildman–Crippen LogP) is 3.75. The summed E-state index contributed by atoms with van der Waals surface area (Å²) in [4.78, 5) is 0. The number of rotatable bonds is 0. The van der Waals surface area contributed by atoms with E-state index < -0.39 is 0 Å². The average molecular weight is 228 g/mol. The van der Waals surface area contributed by atoms with Gasteiger partial charge < -0.3 is 0 Å². The van der Waals surface area contributed by atoms with Gasteiger partial charge in [-0.05, 0) is 18.5 Å². The van der Waals surface area contributed by atoms with E-state index in [0.29, 0.717) is 0 Å². The van der Waals surface area contributed by atoms with Crippen molar-refractivity contribution in [1.82, 2.24) is 0 Å². The normalized spacial score (nSPS) is 22.8. The van der Waals surface area contributed by atoms with Crippen molar-refractivity contribution in [2.45, 2.75) is 63.4 Å². The molecular formula is C10H21FeP. The molecule has 0 nitrogen and oxygen atoms in total. The molecule has 0 radical (unpaired) electrons. The van der Waals surface area contributed by atoms with Crippen molar-refractivity contribution in [2.24, 2.45) is 0 Å². The van der Waals surface area contributed by atoms with Gasteiger partial charge in [0.1, 0.15) is 0 Å². The van der Waals surface area contributed by atoms with Crippen LogP contribution in [0.25, 0.3) is 0 Å². The van der Waals surface area contributed by atoms with E-state index in [1.807, 2.05) is 0 Å². The summed E-state index contributed by atoms with van der Waals surface area (Å²) in [6.45, 7) is 0. The average Bonchev–Trinajstić information content (AvgIpc) is 2.57. The Hall–Kier alpha value is 0.949. The second-order valence-corrected chi connectivity index (χ2v) is 4.76. The summed E-state index contributed by atoms with van der Waals surface area (Å²) in [6.07, 6.45) is 13.3. The summed E-state index contributed by atoms with van der Waals surface area (Å²) in [5.41, 5.74) is 0.963. The van der Waals surface area contributed by atoms with Crippen molar-refractivity contribution < 1.29 is 17.1 Å². The van der Waals surface area contributed by atoms with E-state index in [-0.39, 0.29) is 17.1 Å². The maximum Gasteiger partial charge on any atom is 0 e. The van der Waals surface area contributed by atoms with E-state index in [2.05, 4.69) is 9.24 Å². The summed E-state index contributed by atoms with van der Waals surface area (Å²) < 4.78 is 0. The number of hydrogen-bond acceptors (Lipinski definition) is 0. The van der Waals surface area contributed by atoms with Gasteiger partial charge in [0, 0.05) is 17.1 Å². The molecule has 0 heterocycles. The zero-order valence-corrected chi connectivity index (χ0v) is 10.1. The van der Waals surface area contributed by atoms with Gasteiger partial charge >= 0.3 is 0 Å². The Balaban J connectivity index is 0.000000189. The molecule has 2 saturated carbocycles. The molecule has 2 fully saturated rings. The molecule has 0 aromatic rings. The molecule has 0 saturated heterocycles. The maximum atomic E-state index is 2.87. The molecule has 0 aliphatic heterocycles. The van der Waals surface area contributed by atoms with Crippen molar-refractivity contribution >= 4 is 9.24 Å². The van der Waals surface area contributed by atoms with Crippen molar-refractivity contribution in [3.05, 3.63) is 0 Å². The zero-order chi connectivity index (χ0) is 7.94. The summed E-state index contributed by atoms with van der Waals surface area (Å²) in [7, 11) is 2.87. The zero-order valence-electron chi connectivity index (χ0n) is 7.87. The molecular weight excluding hydrogens is 207 g/mol. The molecule has 12 heavy (non-hydrogen) atoms. The Bertz CT molecular complexity index is 78.2. The van der Waals surface area contributed by atoms with Crippen molar-refractivity contribution in [3.8, 4) is 0 Å². The van der Waals surface area contributed by atoms with Gasteiger partial charge in [-0.1, -0.05) is 44.9 Å². The Morgan fingerprint density at radius 2 is 1.00 bits per heavy atom. The molecule has 1 atom stereocenters. The molecule has 2 aliphatic carbocycles. The Kier molecular flexibility index (Phi) is 9.22. The Morgan fingerprint density at radius 1 is 0.667 bits per heavy atom. The van der Waals surface area contributed by atoms with Crippen molar-refractivity contribution in [1.29, 1.82) is 0 Å². The topological polar surface area (TPSA) is 0 Å². The third-order valence-corrected chi connectivity index (χ3v) is 3.32. The molecule has 2 aliphatic rings. The molecule has 0 spiro atoms. The minimum absolute atomic E-state index is 0. The van der Waals surface area contributed by atoms with Gasteiger partial charge in [-0.15, -0.1) is 9.24 Å². The van der Waals surface area contributed by atoms with Crippen LogP contribution in [0.1, 0.15) is 57.8 Å². The molecule has 74 valence electrons. The van der Waals surface area contributed by atoms with Gasteiger partial charge in [-0.25, -0.2) is 0 Å². The molecule has 1 unspecified atom stereocenters. The fourth-order valence-electron chi connectivity index (χ4n) is 1.84. The number of hydrogen-bond donors (Lipinski definition) is 0. The monoisotopic (exact) mass is 228 g/mol. The van der Waals surface area contributed by atoms with Gasteiger partial charge in [0.05, 0.1) is 0 Å². The van der Waals surface area contributed by atoms with Gasteiger partial charge in [-0.2, -0.15) is 0 Å². The second-order valence-electron chi connectivity index (χ2n) is 3.81. The predicted molar refractivity (Wildman–Crippen MR) is 55.1 cm³/mol. The summed E-state index contributed by atoms with van der Waals surface area (Å²) in [5.74, 6) is 0. The fraction of sp³-hybridized carbons (Fsp3) is 1.00. The van der Waals surface area contributed by atoms with Gasteiger partial charge in [-0.3, -0.25) is 0 Å². The first-order valence-corrected chi connectivity index (χ1v) is 5.82. The molecule has 0 amide bonds.